The van der Waals surface area contributed by atoms with Crippen molar-refractivity contribution in [2.75, 3.05) is 31.1 Å². The Bertz CT molecular complexity index is 1430. The van der Waals surface area contributed by atoms with Gasteiger partial charge >= 0.3 is 0 Å². The van der Waals surface area contributed by atoms with Crippen LogP contribution in [0.1, 0.15) is 28.4 Å². The molecule has 1 fully saturated rings. The minimum Gasteiger partial charge on any atom is -0.352 e. The smallest absolute Gasteiger partial charge is 0.155 e. The molecule has 0 saturated carbocycles. The standard InChI is InChI=1S/C28H29N9.ClH/c1-21-25(19-31-34-21)27(24-5-3-2-4-6-24)35-15-17-36(18-16-35)28-26(29-11-12-30-28)23-9-7-22(8-10-23)20-37-32-13-14-33-37;/h2-14,19,27H,15-18,20H2,1H3,(H,31,34);1H. The summed E-state index contributed by atoms with van der Waals surface area (Å²) in [6.45, 7) is 6.30. The second kappa shape index (κ2) is 11.5. The molecule has 3 aromatic heterocycles. The van der Waals surface area contributed by atoms with E-state index in [1.807, 2.05) is 6.20 Å². The fraction of sp³-hybridized carbons (Fsp3) is 0.250. The number of rotatable bonds is 7. The van der Waals surface area contributed by atoms with Crippen LogP contribution in [0, 0.1) is 6.92 Å². The van der Waals surface area contributed by atoms with Crippen molar-refractivity contribution < 1.29 is 0 Å². The number of aromatic amines is 1. The molecule has 5 aromatic rings. The number of nitrogens with one attached hydrogen (secondary N) is 1. The van der Waals surface area contributed by atoms with Crippen LogP contribution in [-0.4, -0.2) is 66.2 Å². The Hall–Kier alpha value is -4.08. The number of nitrogens with zero attached hydrogens (tertiary/aromatic N) is 8. The summed E-state index contributed by atoms with van der Waals surface area (Å²) < 4.78 is 0. The molecule has 4 heterocycles. The van der Waals surface area contributed by atoms with Gasteiger partial charge in [0.2, 0.25) is 0 Å². The molecule has 0 amide bonds. The van der Waals surface area contributed by atoms with Crippen LogP contribution < -0.4 is 4.90 Å². The maximum atomic E-state index is 4.76. The lowest BCUT2D eigenvalue weighted by Crippen LogP contribution is -2.48. The zero-order valence-electron chi connectivity index (χ0n) is 21.2. The van der Waals surface area contributed by atoms with Crippen molar-refractivity contribution in [1.82, 2.24) is 40.1 Å². The van der Waals surface area contributed by atoms with Crippen molar-refractivity contribution in [2.24, 2.45) is 0 Å². The van der Waals surface area contributed by atoms with Gasteiger partial charge in [0.05, 0.1) is 31.2 Å². The number of halogens is 1. The first kappa shape index (κ1) is 25.6. The molecule has 0 aliphatic carbocycles. The highest BCUT2D eigenvalue weighted by atomic mass is 35.5. The van der Waals surface area contributed by atoms with Gasteiger partial charge in [0, 0.05) is 55.4 Å². The highest BCUT2D eigenvalue weighted by Crippen LogP contribution is 2.33. The lowest BCUT2D eigenvalue weighted by Gasteiger charge is -2.40. The van der Waals surface area contributed by atoms with Gasteiger partial charge < -0.3 is 4.90 Å². The Morgan fingerprint density at radius 1 is 0.842 bits per heavy atom. The number of anilines is 1. The first-order valence-electron chi connectivity index (χ1n) is 12.5. The SMILES string of the molecule is Cc1[nH]ncc1C(c1ccccc1)N1CCN(c2nccnc2-c2ccc(Cn3nccn3)cc2)CC1.Cl. The molecule has 1 atom stereocenters. The molecule has 0 radical (unpaired) electrons. The zero-order valence-corrected chi connectivity index (χ0v) is 22.0. The third-order valence-corrected chi connectivity index (χ3v) is 6.95. The highest BCUT2D eigenvalue weighted by Gasteiger charge is 2.29. The quantitative estimate of drug-likeness (QED) is 0.340. The summed E-state index contributed by atoms with van der Waals surface area (Å²) in [5.41, 5.74) is 6.72. The van der Waals surface area contributed by atoms with Gasteiger partial charge in [0.15, 0.2) is 5.82 Å². The van der Waals surface area contributed by atoms with E-state index in [1.165, 1.54) is 11.1 Å². The van der Waals surface area contributed by atoms with Crippen molar-refractivity contribution in [3.63, 3.8) is 0 Å². The van der Waals surface area contributed by atoms with E-state index in [0.717, 1.165) is 54.5 Å². The van der Waals surface area contributed by atoms with Gasteiger partial charge in [-0.05, 0) is 18.1 Å². The van der Waals surface area contributed by atoms with Gasteiger partial charge in [-0.1, -0.05) is 54.6 Å². The second-order valence-corrected chi connectivity index (χ2v) is 9.27. The fourth-order valence-electron chi connectivity index (χ4n) is 5.07. The third-order valence-electron chi connectivity index (χ3n) is 6.95. The van der Waals surface area contributed by atoms with E-state index in [9.17, 15) is 0 Å². The number of aryl methyl sites for hydroxylation is 1. The molecule has 194 valence electrons. The molecular weight excluding hydrogens is 498 g/mol. The lowest BCUT2D eigenvalue weighted by molar-refractivity contribution is 0.211. The number of hydrogen-bond acceptors (Lipinski definition) is 7. The van der Waals surface area contributed by atoms with Crippen LogP contribution in [0.15, 0.2) is 85.6 Å². The largest absolute Gasteiger partial charge is 0.352 e. The van der Waals surface area contributed by atoms with Gasteiger partial charge in [-0.25, -0.2) is 4.98 Å². The van der Waals surface area contributed by atoms with Crippen LogP contribution in [-0.2, 0) is 6.54 Å². The van der Waals surface area contributed by atoms with Gasteiger partial charge in [-0.2, -0.15) is 20.1 Å². The molecule has 0 spiro atoms. The molecule has 6 rings (SSSR count). The van der Waals surface area contributed by atoms with E-state index >= 15 is 0 Å². The van der Waals surface area contributed by atoms with Crippen LogP contribution in [0.25, 0.3) is 11.3 Å². The van der Waals surface area contributed by atoms with Gasteiger partial charge in [-0.15, -0.1) is 12.4 Å². The van der Waals surface area contributed by atoms with Crippen LogP contribution >= 0.6 is 12.4 Å². The summed E-state index contributed by atoms with van der Waals surface area (Å²) in [5.74, 6) is 0.930. The van der Waals surface area contributed by atoms with Crippen LogP contribution in [0.4, 0.5) is 5.82 Å². The lowest BCUT2D eigenvalue weighted by atomic mass is 9.97. The summed E-state index contributed by atoms with van der Waals surface area (Å²) in [7, 11) is 0. The Morgan fingerprint density at radius 2 is 1.55 bits per heavy atom. The zero-order chi connectivity index (χ0) is 25.0. The maximum Gasteiger partial charge on any atom is 0.155 e. The monoisotopic (exact) mass is 527 g/mol. The first-order chi connectivity index (χ1) is 18.3. The van der Waals surface area contributed by atoms with Crippen LogP contribution in [0.2, 0.25) is 0 Å². The fourth-order valence-corrected chi connectivity index (χ4v) is 5.07. The third kappa shape index (κ3) is 5.29. The van der Waals surface area contributed by atoms with E-state index < -0.39 is 0 Å². The van der Waals surface area contributed by atoms with E-state index in [4.69, 9.17) is 9.97 Å². The maximum absolute atomic E-state index is 4.76. The Balaban J connectivity index is 0.00000294. The molecular formula is C28H30ClN9. The summed E-state index contributed by atoms with van der Waals surface area (Å²) >= 11 is 0. The molecule has 0 bridgehead atoms. The number of piperazine rings is 1. The summed E-state index contributed by atoms with van der Waals surface area (Å²) in [6, 6.07) is 19.3. The van der Waals surface area contributed by atoms with Crippen LogP contribution in [0.3, 0.4) is 0 Å². The summed E-state index contributed by atoms with van der Waals surface area (Å²) in [6.07, 6.45) is 8.90. The molecule has 1 saturated heterocycles. The number of aromatic nitrogens is 7. The molecule has 1 aliphatic heterocycles. The van der Waals surface area contributed by atoms with Gasteiger partial charge in [-0.3, -0.25) is 15.0 Å². The molecule has 10 heteroatoms. The Kier molecular flexibility index (Phi) is 7.76. The van der Waals surface area contributed by atoms with Crippen molar-refractivity contribution in [2.45, 2.75) is 19.5 Å². The normalized spacial score (nSPS) is 14.7. The minimum atomic E-state index is 0. The van der Waals surface area contributed by atoms with E-state index in [1.54, 1.807) is 29.6 Å². The van der Waals surface area contributed by atoms with Crippen molar-refractivity contribution >= 4 is 18.2 Å². The molecule has 1 unspecified atom stereocenters. The molecule has 2 aromatic carbocycles. The average molecular weight is 528 g/mol. The van der Waals surface area contributed by atoms with E-state index in [0.29, 0.717) is 6.54 Å². The molecule has 9 nitrogen and oxygen atoms in total. The Labute approximate surface area is 228 Å². The van der Waals surface area contributed by atoms with Gasteiger partial charge in [0.25, 0.3) is 0 Å². The summed E-state index contributed by atoms with van der Waals surface area (Å²) in [5, 5.41) is 15.8. The van der Waals surface area contributed by atoms with Crippen molar-refractivity contribution in [3.8, 4) is 11.3 Å². The predicted octanol–water partition coefficient (Wildman–Crippen LogP) is 4.15. The van der Waals surface area contributed by atoms with E-state index in [-0.39, 0.29) is 18.4 Å². The highest BCUT2D eigenvalue weighted by molar-refractivity contribution is 5.85. The Morgan fingerprint density at radius 3 is 2.24 bits per heavy atom. The molecule has 1 aliphatic rings. The minimum absolute atomic E-state index is 0. The topological polar surface area (TPSA) is 91.7 Å². The number of H-pyrrole nitrogens is 1. The van der Waals surface area contributed by atoms with Crippen molar-refractivity contribution in [3.05, 3.63) is 108 Å². The van der Waals surface area contributed by atoms with E-state index in [2.05, 4.69) is 91.7 Å². The van der Waals surface area contributed by atoms with Crippen LogP contribution in [0.5, 0.6) is 0 Å². The molecule has 1 N–H and O–H groups in total. The first-order valence-corrected chi connectivity index (χ1v) is 12.5. The average Bonchev–Trinajstić information content (AvgIpc) is 3.62. The van der Waals surface area contributed by atoms with Crippen molar-refractivity contribution in [1.29, 1.82) is 0 Å². The molecule has 38 heavy (non-hydrogen) atoms. The number of benzene rings is 2. The number of hydrogen-bond donors (Lipinski definition) is 1. The van der Waals surface area contributed by atoms with Gasteiger partial charge in [0.1, 0.15) is 5.69 Å². The second-order valence-electron chi connectivity index (χ2n) is 9.27. The predicted molar refractivity (Wildman–Crippen MR) is 149 cm³/mol. The summed E-state index contributed by atoms with van der Waals surface area (Å²) in [4.78, 5) is 16.1.